The summed E-state index contributed by atoms with van der Waals surface area (Å²) in [5.74, 6) is 0.479. The molecular weight excluding hydrogens is 698 g/mol. The maximum atomic E-state index is 13.9. The first kappa shape index (κ1) is 41.3. The van der Waals surface area contributed by atoms with Crippen LogP contribution in [0.4, 0.5) is 8.78 Å². The van der Waals surface area contributed by atoms with Gasteiger partial charge in [-0.25, -0.2) is 28.7 Å². The molecule has 2 N–H and O–H groups in total. The van der Waals surface area contributed by atoms with E-state index in [-0.39, 0.29) is 71.3 Å². The van der Waals surface area contributed by atoms with E-state index in [0.717, 1.165) is 38.1 Å². The second-order valence-electron chi connectivity index (χ2n) is 12.1. The van der Waals surface area contributed by atoms with Gasteiger partial charge in [-0.1, -0.05) is 19.0 Å². The summed E-state index contributed by atoms with van der Waals surface area (Å²) < 4.78 is 36.5. The van der Waals surface area contributed by atoms with Crippen LogP contribution in [0.2, 0.25) is 15.7 Å². The van der Waals surface area contributed by atoms with E-state index < -0.39 is 11.6 Å². The Morgan fingerprint density at radius 1 is 0.766 bits per heavy atom. The highest BCUT2D eigenvalue weighted by atomic mass is 35.5. The Balaban J connectivity index is 0.000000264. The molecule has 0 spiro atoms. The maximum Gasteiger partial charge on any atom is 0.310 e. The van der Waals surface area contributed by atoms with Crippen LogP contribution < -0.4 is 5.73 Å². The van der Waals surface area contributed by atoms with Gasteiger partial charge in [0.25, 0.3) is 0 Å². The van der Waals surface area contributed by atoms with Crippen LogP contribution in [0.5, 0.6) is 0 Å². The molecule has 0 aromatic carbocycles. The standard InChI is InChI=1S/C16H20ClFN2O2.C11H19NO2.C4HCl2FN2.CH4.ClH/c1-2-22-15(21)14-10-5-3-9(4-6-10)11(14)7-13-12(18)8-19-16(17)20-13;1-2-14-11(13)9-7-3-5-8(6-4-7)10(9)12;5-3-2(7)1-8-4(6)9-3;;/h8-11,14H,2-7H2,1H3;7-10H,2-6,12H2,1H3;1H;1H4;1H/t9?,10?,11-,14-;7?,8?,9-,10-;;;/m00.../s1. The van der Waals surface area contributed by atoms with Crippen molar-refractivity contribution in [3.8, 4) is 0 Å². The Hall–Kier alpha value is -1.92. The molecule has 6 saturated carbocycles. The van der Waals surface area contributed by atoms with Crippen LogP contribution >= 0.6 is 47.2 Å². The van der Waals surface area contributed by atoms with Crippen LogP contribution in [0, 0.1) is 53.1 Å². The van der Waals surface area contributed by atoms with Gasteiger partial charge in [0.05, 0.1) is 43.1 Å². The van der Waals surface area contributed by atoms with Crippen LogP contribution in [0.15, 0.2) is 12.4 Å². The largest absolute Gasteiger partial charge is 0.466 e. The van der Waals surface area contributed by atoms with Crippen molar-refractivity contribution in [3.05, 3.63) is 45.4 Å². The molecule has 6 aliphatic rings. The van der Waals surface area contributed by atoms with E-state index in [1.807, 2.05) is 13.8 Å². The smallest absolute Gasteiger partial charge is 0.310 e. The van der Waals surface area contributed by atoms with Crippen molar-refractivity contribution in [2.75, 3.05) is 13.2 Å². The number of carbonyl (C=O) groups is 2. The number of ether oxygens (including phenoxy) is 2. The van der Waals surface area contributed by atoms with Crippen LogP contribution in [0.3, 0.4) is 0 Å². The Morgan fingerprint density at radius 3 is 1.70 bits per heavy atom. The minimum absolute atomic E-state index is 0. The zero-order valence-electron chi connectivity index (χ0n) is 25.8. The van der Waals surface area contributed by atoms with Gasteiger partial charge < -0.3 is 15.2 Å². The van der Waals surface area contributed by atoms with E-state index in [1.54, 1.807) is 0 Å². The number of nitrogens with zero attached hydrogens (tertiary/aromatic N) is 4. The van der Waals surface area contributed by atoms with Gasteiger partial charge in [-0.2, -0.15) is 0 Å². The average Bonchev–Trinajstić information content (AvgIpc) is 3.03. The summed E-state index contributed by atoms with van der Waals surface area (Å²) in [6.45, 7) is 4.52. The third kappa shape index (κ3) is 10.5. The first-order chi connectivity index (χ1) is 21.5. The fourth-order valence-electron chi connectivity index (χ4n) is 7.63. The van der Waals surface area contributed by atoms with E-state index in [4.69, 9.17) is 50.0 Å². The summed E-state index contributed by atoms with van der Waals surface area (Å²) in [4.78, 5) is 38.4. The van der Waals surface area contributed by atoms with E-state index in [2.05, 4.69) is 19.9 Å². The normalized spacial score (nSPS) is 28.3. The molecule has 2 aromatic rings. The number of rotatable bonds is 6. The van der Waals surface area contributed by atoms with Crippen molar-refractivity contribution in [1.82, 2.24) is 19.9 Å². The number of carbonyl (C=O) groups excluding carboxylic acids is 2. The van der Waals surface area contributed by atoms with Crippen LogP contribution in [-0.4, -0.2) is 51.1 Å². The van der Waals surface area contributed by atoms with Crippen molar-refractivity contribution in [1.29, 1.82) is 0 Å². The molecule has 2 heterocycles. The van der Waals surface area contributed by atoms with Gasteiger partial charge in [-0.05, 0) is 124 Å². The lowest BCUT2D eigenvalue weighted by molar-refractivity contribution is -0.158. The van der Waals surface area contributed by atoms with Gasteiger partial charge >= 0.3 is 11.9 Å². The summed E-state index contributed by atoms with van der Waals surface area (Å²) in [5.41, 5.74) is 6.41. The predicted octanol–water partition coefficient (Wildman–Crippen LogP) is 7.72. The van der Waals surface area contributed by atoms with Crippen molar-refractivity contribution < 1.29 is 27.8 Å². The lowest BCUT2D eigenvalue weighted by Crippen LogP contribution is -2.52. The van der Waals surface area contributed by atoms with Gasteiger partial charge in [0.2, 0.25) is 10.6 Å². The molecule has 9 nitrogen and oxygen atoms in total. The second kappa shape index (κ2) is 19.3. The van der Waals surface area contributed by atoms with Gasteiger partial charge in [-0.3, -0.25) is 9.59 Å². The Kier molecular flexibility index (Phi) is 17.0. The quantitative estimate of drug-likeness (QED) is 0.180. The number of hydrogen-bond acceptors (Lipinski definition) is 9. The lowest BCUT2D eigenvalue weighted by atomic mass is 9.57. The van der Waals surface area contributed by atoms with E-state index >= 15 is 0 Å². The zero-order chi connectivity index (χ0) is 32.7. The zero-order valence-corrected chi connectivity index (χ0v) is 28.9. The minimum Gasteiger partial charge on any atom is -0.466 e. The molecule has 47 heavy (non-hydrogen) atoms. The van der Waals surface area contributed by atoms with E-state index in [9.17, 15) is 18.4 Å². The highest BCUT2D eigenvalue weighted by Crippen LogP contribution is 2.50. The molecule has 0 unspecified atom stereocenters. The molecule has 0 saturated heterocycles. The number of hydrogen-bond donors (Lipinski definition) is 1. The molecule has 0 aliphatic heterocycles. The first-order valence-electron chi connectivity index (χ1n) is 15.6. The molecule has 0 amide bonds. The highest BCUT2D eigenvalue weighted by molar-refractivity contribution is 6.31. The summed E-state index contributed by atoms with van der Waals surface area (Å²) in [6, 6.07) is 0.0570. The highest BCUT2D eigenvalue weighted by Gasteiger charge is 2.48. The molecule has 4 atom stereocenters. The summed E-state index contributed by atoms with van der Waals surface area (Å²) >= 11 is 16.2. The molecule has 6 aliphatic carbocycles. The van der Waals surface area contributed by atoms with Gasteiger partial charge in [0.1, 0.15) is 0 Å². The lowest BCUT2D eigenvalue weighted by Gasteiger charge is -2.47. The third-order valence-electron chi connectivity index (χ3n) is 9.68. The Morgan fingerprint density at radius 2 is 1.21 bits per heavy atom. The monoisotopic (exact) mass is 741 g/mol. The molecule has 15 heteroatoms. The van der Waals surface area contributed by atoms with Crippen LogP contribution in [0.25, 0.3) is 0 Å². The number of aromatic nitrogens is 4. The van der Waals surface area contributed by atoms with Crippen molar-refractivity contribution in [2.24, 2.45) is 47.2 Å². The molecule has 264 valence electrons. The van der Waals surface area contributed by atoms with Gasteiger partial charge in [0.15, 0.2) is 16.8 Å². The van der Waals surface area contributed by atoms with Gasteiger partial charge in [-0.15, -0.1) is 12.4 Å². The summed E-state index contributed by atoms with van der Waals surface area (Å²) in [6.07, 6.45) is 11.5. The maximum absolute atomic E-state index is 13.9. The fourth-order valence-corrected chi connectivity index (χ4v) is 8.09. The minimum atomic E-state index is -0.666. The molecule has 8 rings (SSSR count). The van der Waals surface area contributed by atoms with Crippen LogP contribution in [-0.2, 0) is 25.5 Å². The number of esters is 2. The first-order valence-corrected chi connectivity index (χ1v) is 16.8. The molecule has 6 fully saturated rings. The molecule has 4 bridgehead atoms. The Bertz CT molecular complexity index is 1310. The van der Waals surface area contributed by atoms with E-state index in [0.29, 0.717) is 49.0 Å². The predicted molar refractivity (Wildman–Crippen MR) is 179 cm³/mol. The number of nitrogens with two attached hydrogens (primary N) is 1. The van der Waals surface area contributed by atoms with Gasteiger partial charge in [0, 0.05) is 6.04 Å². The topological polar surface area (TPSA) is 130 Å². The van der Waals surface area contributed by atoms with Crippen molar-refractivity contribution in [2.45, 2.75) is 85.1 Å². The summed E-state index contributed by atoms with van der Waals surface area (Å²) in [7, 11) is 0. The van der Waals surface area contributed by atoms with Crippen molar-refractivity contribution in [3.63, 3.8) is 0 Å². The SMILES string of the molecule is C.CCOC(=O)[C@H]1C2CCC(CC2)[C@@H]1Cc1nc(Cl)ncc1F.CCOC(=O)[C@H]1C2CCC(CC2)[C@@H]1N.Cl.Fc1cnc(Cl)nc1Cl. The molecular formula is C32H45Cl4F2N5O4. The molecule has 0 radical (unpaired) electrons. The Labute approximate surface area is 296 Å². The number of fused-ring (bicyclic) bond motifs is 6. The molecule has 2 aromatic heterocycles. The number of halogens is 6. The van der Waals surface area contributed by atoms with Crippen molar-refractivity contribution >= 4 is 59.1 Å². The fraction of sp³-hybridized carbons (Fsp3) is 0.688. The second-order valence-corrected chi connectivity index (χ2v) is 13.1. The van der Waals surface area contributed by atoms with E-state index in [1.165, 1.54) is 25.7 Å². The average molecular weight is 744 g/mol. The third-order valence-corrected chi connectivity index (χ3v) is 10.3. The van der Waals surface area contributed by atoms with Crippen LogP contribution in [0.1, 0.15) is 78.3 Å². The summed E-state index contributed by atoms with van der Waals surface area (Å²) in [5, 5.41) is -0.263.